The molecule has 7 heteroatoms. The highest BCUT2D eigenvalue weighted by atomic mass is 32.2. The van der Waals surface area contributed by atoms with Gasteiger partial charge in [-0.2, -0.15) is 0 Å². The van der Waals surface area contributed by atoms with Crippen LogP contribution in [0.5, 0.6) is 0 Å². The van der Waals surface area contributed by atoms with Gasteiger partial charge >= 0.3 is 5.97 Å². The third-order valence-electron chi connectivity index (χ3n) is 3.07. The van der Waals surface area contributed by atoms with E-state index in [2.05, 4.69) is 4.74 Å². The number of ether oxygens (including phenoxy) is 1. The molecule has 0 spiro atoms. The van der Waals surface area contributed by atoms with E-state index in [1.165, 1.54) is 26.1 Å². The summed E-state index contributed by atoms with van der Waals surface area (Å²) in [6.07, 6.45) is 1.49. The van der Waals surface area contributed by atoms with Gasteiger partial charge in [-0.1, -0.05) is 0 Å². The molecule has 0 N–H and O–H groups in total. The Hall–Kier alpha value is -1.11. The quantitative estimate of drug-likeness (QED) is 0.630. The summed E-state index contributed by atoms with van der Waals surface area (Å²) in [5.74, 6) is -1.46. The number of esters is 1. The smallest absolute Gasteiger partial charge is 0.306 e. The van der Waals surface area contributed by atoms with Crippen LogP contribution in [0.3, 0.4) is 0 Å². The van der Waals surface area contributed by atoms with Crippen LogP contribution >= 0.6 is 0 Å². The molecule has 0 aromatic carbocycles. The Bertz CT molecular complexity index is 436. The van der Waals surface area contributed by atoms with Crippen molar-refractivity contribution in [2.75, 3.05) is 32.7 Å². The summed E-state index contributed by atoms with van der Waals surface area (Å²) in [5.41, 5.74) is -0.501. The lowest BCUT2D eigenvalue weighted by Crippen LogP contribution is -2.32. The second kappa shape index (κ2) is 5.26. The molecule has 1 aliphatic rings. The zero-order valence-electron chi connectivity index (χ0n) is 10.9. The Kier molecular flexibility index (Phi) is 4.37. The predicted molar refractivity (Wildman–Crippen MR) is 65.6 cm³/mol. The third-order valence-corrected chi connectivity index (χ3v) is 4.81. The average Bonchev–Trinajstić information content (AvgIpc) is 2.95. The van der Waals surface area contributed by atoms with Crippen molar-refractivity contribution in [1.29, 1.82) is 0 Å². The lowest BCUT2D eigenvalue weighted by Gasteiger charge is -2.15. The summed E-state index contributed by atoms with van der Waals surface area (Å²) in [6.45, 7) is 0. The SMILES string of the molecule is COC(=O)CC1(CS(=O)(=O)CC(=O)N(C)C)CC1. The fourth-order valence-electron chi connectivity index (χ4n) is 1.76. The molecule has 0 saturated heterocycles. The number of carbonyl (C=O) groups is 2. The van der Waals surface area contributed by atoms with Crippen molar-refractivity contribution in [3.63, 3.8) is 0 Å². The molecular formula is C11H19NO5S. The number of rotatable bonds is 6. The van der Waals surface area contributed by atoms with Crippen molar-refractivity contribution in [2.45, 2.75) is 19.3 Å². The van der Waals surface area contributed by atoms with E-state index in [0.717, 1.165) is 0 Å². The average molecular weight is 277 g/mol. The highest BCUT2D eigenvalue weighted by Gasteiger charge is 2.48. The minimum absolute atomic E-state index is 0.110. The Morgan fingerprint density at radius 3 is 2.22 bits per heavy atom. The fraction of sp³-hybridized carbons (Fsp3) is 0.818. The normalized spacial score (nSPS) is 17.1. The molecule has 1 fully saturated rings. The lowest BCUT2D eigenvalue weighted by molar-refractivity contribution is -0.141. The van der Waals surface area contributed by atoms with Gasteiger partial charge in [-0.3, -0.25) is 9.59 Å². The Balaban J connectivity index is 2.61. The van der Waals surface area contributed by atoms with Crippen molar-refractivity contribution >= 4 is 21.7 Å². The number of sulfone groups is 1. The second-order valence-electron chi connectivity index (χ2n) is 5.07. The van der Waals surface area contributed by atoms with Gasteiger partial charge in [0, 0.05) is 14.1 Å². The first-order chi connectivity index (χ1) is 8.20. The standard InChI is InChI=1S/C11H19NO5S/c1-12(2)9(13)7-18(15,16)8-11(4-5-11)6-10(14)17-3/h4-8H2,1-3H3. The van der Waals surface area contributed by atoms with Gasteiger partial charge in [-0.05, 0) is 18.3 Å². The van der Waals surface area contributed by atoms with Crippen LogP contribution in [0.15, 0.2) is 0 Å². The van der Waals surface area contributed by atoms with Crippen molar-refractivity contribution in [3.05, 3.63) is 0 Å². The molecule has 104 valence electrons. The maximum Gasteiger partial charge on any atom is 0.306 e. The van der Waals surface area contributed by atoms with Gasteiger partial charge in [-0.15, -0.1) is 0 Å². The highest BCUT2D eigenvalue weighted by molar-refractivity contribution is 7.92. The molecule has 1 saturated carbocycles. The topological polar surface area (TPSA) is 80.8 Å². The number of hydrogen-bond donors (Lipinski definition) is 0. The van der Waals surface area contributed by atoms with Gasteiger partial charge in [0.25, 0.3) is 0 Å². The highest BCUT2D eigenvalue weighted by Crippen LogP contribution is 2.50. The molecule has 1 amide bonds. The number of nitrogens with zero attached hydrogens (tertiary/aromatic N) is 1. The summed E-state index contributed by atoms with van der Waals surface area (Å²) >= 11 is 0. The van der Waals surface area contributed by atoms with Crippen LogP contribution in [0.1, 0.15) is 19.3 Å². The summed E-state index contributed by atoms with van der Waals surface area (Å²) in [7, 11) is 0.833. The molecule has 6 nitrogen and oxygen atoms in total. The summed E-state index contributed by atoms with van der Waals surface area (Å²) in [4.78, 5) is 23.8. The summed E-state index contributed by atoms with van der Waals surface area (Å²) in [5, 5.41) is 0. The van der Waals surface area contributed by atoms with Crippen LogP contribution in [0.25, 0.3) is 0 Å². The molecule has 1 aliphatic carbocycles. The Morgan fingerprint density at radius 1 is 1.28 bits per heavy atom. The molecule has 0 radical (unpaired) electrons. The monoisotopic (exact) mass is 277 g/mol. The molecule has 0 aromatic rings. The van der Waals surface area contributed by atoms with Crippen LogP contribution in [0.4, 0.5) is 0 Å². The number of amides is 1. The van der Waals surface area contributed by atoms with E-state index >= 15 is 0 Å². The lowest BCUT2D eigenvalue weighted by atomic mass is 10.1. The van der Waals surface area contributed by atoms with Gasteiger partial charge in [0.1, 0.15) is 5.75 Å². The van der Waals surface area contributed by atoms with Gasteiger partial charge in [0.05, 0.1) is 19.3 Å². The van der Waals surface area contributed by atoms with E-state index < -0.39 is 32.9 Å². The van der Waals surface area contributed by atoms with Gasteiger partial charge < -0.3 is 9.64 Å². The number of carbonyl (C=O) groups excluding carboxylic acids is 2. The molecular weight excluding hydrogens is 258 g/mol. The van der Waals surface area contributed by atoms with Crippen molar-refractivity contribution in [3.8, 4) is 0 Å². The maximum absolute atomic E-state index is 11.9. The molecule has 0 bridgehead atoms. The van der Waals surface area contributed by atoms with Gasteiger partial charge in [0.2, 0.25) is 5.91 Å². The molecule has 0 atom stereocenters. The van der Waals surface area contributed by atoms with Crippen LogP contribution in [0, 0.1) is 5.41 Å². The molecule has 1 rings (SSSR count). The van der Waals surface area contributed by atoms with E-state index in [1.54, 1.807) is 0 Å². The minimum atomic E-state index is -3.47. The first kappa shape index (κ1) is 14.9. The molecule has 0 aromatic heterocycles. The molecule has 0 aliphatic heterocycles. The van der Waals surface area contributed by atoms with E-state index in [-0.39, 0.29) is 12.2 Å². The number of hydrogen-bond acceptors (Lipinski definition) is 5. The predicted octanol–water partition coefficient (Wildman–Crippen LogP) is -0.167. The summed E-state index contributed by atoms with van der Waals surface area (Å²) in [6, 6.07) is 0. The largest absolute Gasteiger partial charge is 0.469 e. The maximum atomic E-state index is 11.9. The first-order valence-electron chi connectivity index (χ1n) is 5.67. The van der Waals surface area contributed by atoms with Crippen molar-refractivity contribution < 1.29 is 22.7 Å². The molecule has 0 heterocycles. The van der Waals surface area contributed by atoms with Crippen LogP contribution in [0.2, 0.25) is 0 Å². The zero-order chi connectivity index (χ0) is 14.0. The molecule has 0 unspecified atom stereocenters. The van der Waals surface area contributed by atoms with E-state index in [0.29, 0.717) is 12.8 Å². The van der Waals surface area contributed by atoms with Crippen molar-refractivity contribution in [1.82, 2.24) is 4.90 Å². The zero-order valence-corrected chi connectivity index (χ0v) is 11.7. The van der Waals surface area contributed by atoms with Gasteiger partial charge in [0.15, 0.2) is 9.84 Å². The minimum Gasteiger partial charge on any atom is -0.469 e. The van der Waals surface area contributed by atoms with Crippen LogP contribution in [-0.2, 0) is 24.2 Å². The van der Waals surface area contributed by atoms with Gasteiger partial charge in [-0.25, -0.2) is 8.42 Å². The van der Waals surface area contributed by atoms with Crippen LogP contribution < -0.4 is 0 Å². The van der Waals surface area contributed by atoms with Crippen molar-refractivity contribution in [2.24, 2.45) is 5.41 Å². The Morgan fingerprint density at radius 2 is 1.83 bits per heavy atom. The molecule has 18 heavy (non-hydrogen) atoms. The summed E-state index contributed by atoms with van der Waals surface area (Å²) < 4.78 is 28.3. The van der Waals surface area contributed by atoms with E-state index in [9.17, 15) is 18.0 Å². The second-order valence-corrected chi connectivity index (χ2v) is 7.14. The van der Waals surface area contributed by atoms with E-state index in [4.69, 9.17) is 0 Å². The van der Waals surface area contributed by atoms with E-state index in [1.807, 2.05) is 0 Å². The number of methoxy groups -OCH3 is 1. The first-order valence-corrected chi connectivity index (χ1v) is 7.49. The Labute approximate surface area is 107 Å². The third kappa shape index (κ3) is 4.29. The fourth-order valence-corrected chi connectivity index (χ4v) is 3.82. The van der Waals surface area contributed by atoms with Crippen LogP contribution in [-0.4, -0.2) is 57.9 Å².